The molecule has 0 aromatic rings. The Bertz CT molecular complexity index is 644. The molecule has 0 heterocycles. The van der Waals surface area contributed by atoms with Crippen molar-refractivity contribution < 1.29 is 39.6 Å². The van der Waals surface area contributed by atoms with E-state index in [9.17, 15) is 39.6 Å². The van der Waals surface area contributed by atoms with Crippen LogP contribution in [0.3, 0.4) is 0 Å². The highest BCUT2D eigenvalue weighted by molar-refractivity contribution is 6.20. The predicted octanol–water partition coefficient (Wildman–Crippen LogP) is 4.01. The van der Waals surface area contributed by atoms with Gasteiger partial charge >= 0.3 is 5.97 Å². The number of aliphatic carboxylic acids is 1. The lowest BCUT2D eigenvalue weighted by Crippen LogP contribution is -2.68. The van der Waals surface area contributed by atoms with Crippen LogP contribution in [0.2, 0.25) is 0 Å². The molecular weight excluding hydrogens is 452 g/mol. The molecule has 0 saturated carbocycles. The van der Waals surface area contributed by atoms with Gasteiger partial charge in [-0.1, -0.05) is 84.0 Å². The van der Waals surface area contributed by atoms with Gasteiger partial charge in [-0.2, -0.15) is 0 Å². The number of aliphatic hydroxyl groups is 3. The Morgan fingerprint density at radius 3 is 1.43 bits per heavy atom. The second kappa shape index (κ2) is 16.9. The van der Waals surface area contributed by atoms with Gasteiger partial charge in [0.05, 0.1) is 12.7 Å². The van der Waals surface area contributed by atoms with Crippen molar-refractivity contribution in [2.24, 2.45) is 11.3 Å². The number of hydrogen-bond donors (Lipinski definition) is 4. The summed E-state index contributed by atoms with van der Waals surface area (Å²) in [7, 11) is 0. The third kappa shape index (κ3) is 9.07. The number of carbonyl (C=O) groups excluding carboxylic acids is 3. The van der Waals surface area contributed by atoms with Crippen LogP contribution in [0.25, 0.3) is 0 Å². The number of carboxylic acid groups (broad SMARTS) is 1. The Hall–Kier alpha value is -1.64. The normalized spacial score (nSPS) is 15.3. The van der Waals surface area contributed by atoms with Gasteiger partial charge in [0.2, 0.25) is 5.60 Å². The molecule has 8 heteroatoms. The van der Waals surface area contributed by atoms with Gasteiger partial charge in [-0.25, -0.2) is 4.79 Å². The molecule has 0 aliphatic carbocycles. The first-order valence-electron chi connectivity index (χ1n) is 13.2. The minimum Gasteiger partial charge on any atom is -0.479 e. The van der Waals surface area contributed by atoms with E-state index in [1.54, 1.807) is 0 Å². The lowest BCUT2D eigenvalue weighted by Gasteiger charge is -2.45. The van der Waals surface area contributed by atoms with Crippen molar-refractivity contribution in [2.45, 2.75) is 129 Å². The summed E-state index contributed by atoms with van der Waals surface area (Å²) in [6.07, 6.45) is 11.7. The molecule has 204 valence electrons. The van der Waals surface area contributed by atoms with Crippen molar-refractivity contribution >= 4 is 23.3 Å². The van der Waals surface area contributed by atoms with E-state index in [2.05, 4.69) is 6.92 Å². The molecule has 0 aromatic carbocycles. The molecule has 0 rings (SSSR count). The van der Waals surface area contributed by atoms with Crippen molar-refractivity contribution in [3.8, 4) is 0 Å². The fourth-order valence-electron chi connectivity index (χ4n) is 5.37. The predicted molar refractivity (Wildman–Crippen MR) is 134 cm³/mol. The molecule has 0 amide bonds. The monoisotopic (exact) mass is 500 g/mol. The topological polar surface area (TPSA) is 149 Å². The first-order chi connectivity index (χ1) is 16.4. The first-order valence-corrected chi connectivity index (χ1v) is 13.2. The highest BCUT2D eigenvalue weighted by atomic mass is 16.4. The van der Waals surface area contributed by atoms with Crippen LogP contribution >= 0.6 is 0 Å². The van der Waals surface area contributed by atoms with Gasteiger partial charge in [-0.15, -0.1) is 0 Å². The van der Waals surface area contributed by atoms with Crippen LogP contribution in [0.5, 0.6) is 0 Å². The Morgan fingerprint density at radius 1 is 0.714 bits per heavy atom. The van der Waals surface area contributed by atoms with Gasteiger partial charge in [-0.05, 0) is 39.5 Å². The summed E-state index contributed by atoms with van der Waals surface area (Å²) in [5.74, 6) is -6.23. The molecular formula is C27H48O8. The highest BCUT2D eigenvalue weighted by Crippen LogP contribution is 2.46. The summed E-state index contributed by atoms with van der Waals surface area (Å²) in [5.41, 5.74) is -5.82. The second-order valence-corrected chi connectivity index (χ2v) is 9.94. The number of carboxylic acids is 1. The minimum atomic E-state index is -3.26. The summed E-state index contributed by atoms with van der Waals surface area (Å²) in [5, 5.41) is 40.2. The summed E-state index contributed by atoms with van der Waals surface area (Å²) in [6, 6.07) is 0. The number of ketones is 3. The Kier molecular flexibility index (Phi) is 16.1. The van der Waals surface area contributed by atoms with Crippen LogP contribution in [0.4, 0.5) is 0 Å². The average molecular weight is 501 g/mol. The second-order valence-electron chi connectivity index (χ2n) is 9.94. The minimum absolute atomic E-state index is 0.149. The van der Waals surface area contributed by atoms with Crippen LogP contribution in [0.1, 0.15) is 118 Å². The molecule has 0 radical (unpaired) electrons. The molecule has 4 N–H and O–H groups in total. The molecule has 8 nitrogen and oxygen atoms in total. The van der Waals surface area contributed by atoms with E-state index in [0.717, 1.165) is 46.5 Å². The van der Waals surface area contributed by atoms with Crippen LogP contribution in [0.15, 0.2) is 0 Å². The van der Waals surface area contributed by atoms with Gasteiger partial charge in [-0.3, -0.25) is 14.4 Å². The molecule has 0 bridgehead atoms. The summed E-state index contributed by atoms with van der Waals surface area (Å²) >= 11 is 0. The maximum absolute atomic E-state index is 12.9. The number of hydrogen-bond acceptors (Lipinski definition) is 7. The Labute approximate surface area is 210 Å². The SMILES string of the molecule is CCCCCCCCCCCCCCC(CC(O)CO)C(C(C)=O)(C(C)=O)C(O)(C(C)=O)C(=O)O. The number of Topliss-reactive ketones (excluding diaryl/α,β-unsaturated/α-hetero) is 3. The lowest BCUT2D eigenvalue weighted by atomic mass is 9.55. The third-order valence-electron chi connectivity index (χ3n) is 7.29. The number of rotatable bonds is 22. The van der Waals surface area contributed by atoms with E-state index in [0.29, 0.717) is 6.42 Å². The van der Waals surface area contributed by atoms with Crippen molar-refractivity contribution in [1.82, 2.24) is 0 Å². The van der Waals surface area contributed by atoms with Gasteiger partial charge in [0, 0.05) is 0 Å². The van der Waals surface area contributed by atoms with Crippen molar-refractivity contribution in [3.63, 3.8) is 0 Å². The Morgan fingerprint density at radius 2 is 1.11 bits per heavy atom. The van der Waals surface area contributed by atoms with Crippen molar-refractivity contribution in [1.29, 1.82) is 0 Å². The molecule has 0 aliphatic rings. The zero-order valence-corrected chi connectivity index (χ0v) is 22.2. The van der Waals surface area contributed by atoms with E-state index in [4.69, 9.17) is 0 Å². The lowest BCUT2D eigenvalue weighted by molar-refractivity contribution is -0.193. The molecule has 3 unspecified atom stereocenters. The average Bonchev–Trinajstić information content (AvgIpc) is 2.78. The van der Waals surface area contributed by atoms with Gasteiger partial charge < -0.3 is 20.4 Å². The summed E-state index contributed by atoms with van der Waals surface area (Å²) < 4.78 is 0. The van der Waals surface area contributed by atoms with Crippen LogP contribution in [-0.4, -0.2) is 62.1 Å². The molecule has 0 saturated heterocycles. The van der Waals surface area contributed by atoms with E-state index < -0.39 is 53.0 Å². The molecule has 35 heavy (non-hydrogen) atoms. The Balaban J connectivity index is 5.31. The van der Waals surface area contributed by atoms with Crippen LogP contribution in [0, 0.1) is 11.3 Å². The maximum atomic E-state index is 12.9. The molecule has 0 fully saturated rings. The zero-order valence-electron chi connectivity index (χ0n) is 22.2. The van der Waals surface area contributed by atoms with E-state index in [-0.39, 0.29) is 12.8 Å². The van der Waals surface area contributed by atoms with E-state index in [1.807, 2.05) is 0 Å². The zero-order chi connectivity index (χ0) is 27.1. The third-order valence-corrected chi connectivity index (χ3v) is 7.29. The van der Waals surface area contributed by atoms with Crippen LogP contribution < -0.4 is 0 Å². The van der Waals surface area contributed by atoms with E-state index in [1.165, 1.54) is 44.9 Å². The van der Waals surface area contributed by atoms with E-state index >= 15 is 0 Å². The molecule has 0 spiro atoms. The van der Waals surface area contributed by atoms with Crippen molar-refractivity contribution in [3.05, 3.63) is 0 Å². The fraction of sp³-hybridized carbons (Fsp3) is 0.852. The van der Waals surface area contributed by atoms with Gasteiger partial charge in [0.1, 0.15) is 17.0 Å². The number of aliphatic hydroxyl groups excluding tert-OH is 2. The molecule has 3 atom stereocenters. The smallest absolute Gasteiger partial charge is 0.345 e. The van der Waals surface area contributed by atoms with Crippen molar-refractivity contribution in [2.75, 3.05) is 6.61 Å². The molecule has 0 aromatic heterocycles. The highest BCUT2D eigenvalue weighted by Gasteiger charge is 2.68. The maximum Gasteiger partial charge on any atom is 0.345 e. The largest absolute Gasteiger partial charge is 0.479 e. The first kappa shape index (κ1) is 33.4. The number of unbranched alkanes of at least 4 members (excludes halogenated alkanes) is 11. The summed E-state index contributed by atoms with van der Waals surface area (Å²) in [6.45, 7) is 4.34. The number of carbonyl (C=O) groups is 4. The van der Waals surface area contributed by atoms with Gasteiger partial charge in [0.15, 0.2) is 5.78 Å². The standard InChI is InChI=1S/C27H48O8/c1-5-6-7-8-9-10-11-12-13-14-15-16-17-23(18-24(32)19-28)26(20(2)29,21(3)30)27(35,22(4)31)25(33)34/h23-24,28,32,35H,5-19H2,1-4H3,(H,33,34). The summed E-state index contributed by atoms with van der Waals surface area (Å²) in [4.78, 5) is 50.1. The quantitative estimate of drug-likeness (QED) is 0.129. The fourth-order valence-corrected chi connectivity index (χ4v) is 5.37. The van der Waals surface area contributed by atoms with Crippen LogP contribution in [-0.2, 0) is 19.2 Å². The van der Waals surface area contributed by atoms with Gasteiger partial charge in [0.25, 0.3) is 0 Å². The molecule has 0 aliphatic heterocycles.